The molecule has 0 radical (unpaired) electrons. The molecule has 2 aliphatic carbocycles. The summed E-state index contributed by atoms with van der Waals surface area (Å²) in [6, 6.07) is 92.8. The van der Waals surface area contributed by atoms with Crippen LogP contribution in [0, 0.1) is 34.6 Å². The van der Waals surface area contributed by atoms with Gasteiger partial charge < -0.3 is 29.2 Å². The number of aryl methyl sites for hydroxylation is 5. The Hall–Kier alpha value is -10.4. The topological polar surface area (TPSA) is 25.4 Å². The van der Waals surface area contributed by atoms with Crippen molar-refractivity contribution in [3.8, 4) is 11.5 Å². The van der Waals surface area contributed by atoms with Gasteiger partial charge in [0.1, 0.15) is 11.5 Å². The van der Waals surface area contributed by atoms with E-state index in [9.17, 15) is 0 Å². The second-order valence-electron chi connectivity index (χ2n) is 32.4. The maximum atomic E-state index is 7.98. The summed E-state index contributed by atoms with van der Waals surface area (Å²) >= 11 is 0. The second kappa shape index (κ2) is 22.8. The molecule has 0 atom stereocenters. The highest BCUT2D eigenvalue weighted by atomic mass is 16.5. The van der Waals surface area contributed by atoms with E-state index in [2.05, 4.69) is 357 Å². The number of nitrogens with zero attached hydrogens (tertiary/aromatic N) is 5. The summed E-state index contributed by atoms with van der Waals surface area (Å²) in [5.74, 6) is 1.71. The molecule has 18 rings (SSSR count). The van der Waals surface area contributed by atoms with E-state index in [-0.39, 0.29) is 35.1 Å². The summed E-state index contributed by atoms with van der Waals surface area (Å²) in [7, 11) is 0. The van der Waals surface area contributed by atoms with Crippen LogP contribution in [-0.4, -0.2) is 13.4 Å². The minimum atomic E-state index is -0.194. The van der Waals surface area contributed by atoms with Gasteiger partial charge in [0.25, 0.3) is 13.4 Å². The summed E-state index contributed by atoms with van der Waals surface area (Å²) in [5.41, 5.74) is 36.2. The number of anilines is 15. The third-order valence-corrected chi connectivity index (χ3v) is 24.2. The van der Waals surface area contributed by atoms with E-state index in [0.29, 0.717) is 0 Å². The Bertz CT molecular complexity index is 5380. The van der Waals surface area contributed by atoms with Crippen LogP contribution in [0.2, 0.25) is 0 Å². The average Bonchev–Trinajstić information content (AvgIpc) is 0.687. The van der Waals surface area contributed by atoms with Crippen molar-refractivity contribution < 1.29 is 4.74 Å². The number of ether oxygens (including phenoxy) is 1. The first-order valence-electron chi connectivity index (χ1n) is 36.6. The predicted molar refractivity (Wildman–Crippen MR) is 430 cm³/mol. The molecular formula is C93H87B2N5O. The molecule has 101 heavy (non-hydrogen) atoms. The number of hydrogen-bond acceptors (Lipinski definition) is 6. The van der Waals surface area contributed by atoms with E-state index in [1.54, 1.807) is 0 Å². The van der Waals surface area contributed by atoms with E-state index in [4.69, 9.17) is 4.74 Å². The summed E-state index contributed by atoms with van der Waals surface area (Å²) in [4.78, 5) is 12.8. The molecule has 12 aromatic carbocycles. The number of benzene rings is 12. The molecular weight excluding hydrogens is 1220 g/mol. The van der Waals surface area contributed by atoms with E-state index in [0.717, 1.165) is 99.5 Å². The van der Waals surface area contributed by atoms with Crippen molar-refractivity contribution in [2.24, 2.45) is 0 Å². The Labute approximate surface area is 598 Å². The van der Waals surface area contributed by atoms with Gasteiger partial charge in [0.05, 0.1) is 22.7 Å². The van der Waals surface area contributed by atoms with Crippen LogP contribution in [0.25, 0.3) is 0 Å². The predicted octanol–water partition coefficient (Wildman–Crippen LogP) is 21.4. The Morgan fingerprint density at radius 2 is 0.723 bits per heavy atom. The van der Waals surface area contributed by atoms with Crippen LogP contribution in [0.5, 0.6) is 11.5 Å². The standard InChI is InChI=1S/C93H87B2N5O/c1-58-28-20-23-39-77(58)100(89-61(4)31-27-32-62(89)5)67-52-81-86-82(53-67)98(65-42-44-69-71(50-65)92(10,11)48-46-90(69,6)7)78-40-24-21-37-73(78)94(86)75-56-76-84(57-80(75)97(81)64-35-18-15-19-36-64)101-85-55-68(96(63-33-16-14-17-34-63)88-59(2)29-26-30-60(88)3)54-83-87(85)95(76)74-38-22-25-41-79(74)99(83)66-43-45-70-72(51-66)93(12,13)49-47-91(70,8)9/h14-45,50-57H,46-49H2,1-13H3. The molecule has 0 saturated heterocycles. The van der Waals surface area contributed by atoms with Crippen LogP contribution in [-0.2, 0) is 21.7 Å². The third-order valence-electron chi connectivity index (χ3n) is 24.2. The number of para-hydroxylation sites is 7. The van der Waals surface area contributed by atoms with Crippen LogP contribution in [0.3, 0.4) is 0 Å². The number of fused-ring (bicyclic) bond motifs is 10. The minimum Gasteiger partial charge on any atom is -0.458 e. The van der Waals surface area contributed by atoms with Crippen molar-refractivity contribution in [3.05, 3.63) is 293 Å². The minimum absolute atomic E-state index is 0.00894. The zero-order chi connectivity index (χ0) is 69.3. The van der Waals surface area contributed by atoms with E-state index in [1.165, 1.54) is 106 Å². The van der Waals surface area contributed by atoms with Crippen LogP contribution in [0.4, 0.5) is 85.3 Å². The Morgan fingerprint density at radius 1 is 0.297 bits per heavy atom. The van der Waals surface area contributed by atoms with Crippen LogP contribution >= 0.6 is 0 Å². The molecule has 12 aromatic rings. The average molecular weight is 1310 g/mol. The molecule has 0 saturated carbocycles. The van der Waals surface area contributed by atoms with Crippen molar-refractivity contribution >= 4 is 132 Å². The lowest BCUT2D eigenvalue weighted by atomic mass is 9.30. The Morgan fingerprint density at radius 3 is 1.26 bits per heavy atom. The van der Waals surface area contributed by atoms with E-state index >= 15 is 0 Å². The van der Waals surface area contributed by atoms with Gasteiger partial charge in [0.2, 0.25) is 0 Å². The largest absolute Gasteiger partial charge is 0.458 e. The molecule has 6 aliphatic rings. The van der Waals surface area contributed by atoms with Crippen molar-refractivity contribution in [2.45, 2.75) is 137 Å². The van der Waals surface area contributed by atoms with Gasteiger partial charge in [-0.2, -0.15) is 0 Å². The van der Waals surface area contributed by atoms with Crippen LogP contribution < -0.4 is 62.0 Å². The molecule has 6 nitrogen and oxygen atoms in total. The van der Waals surface area contributed by atoms with E-state index in [1.807, 2.05) is 0 Å². The lowest BCUT2D eigenvalue weighted by molar-refractivity contribution is 0.332. The molecule has 4 heterocycles. The normalized spacial score (nSPS) is 16.3. The van der Waals surface area contributed by atoms with Crippen molar-refractivity contribution in [3.63, 3.8) is 0 Å². The monoisotopic (exact) mass is 1310 g/mol. The van der Waals surface area contributed by atoms with Gasteiger partial charge in [-0.05, 0) is 250 Å². The summed E-state index contributed by atoms with van der Waals surface area (Å²) in [6.45, 7) is 30.5. The fraction of sp³-hybridized carbons (Fsp3) is 0.226. The maximum absolute atomic E-state index is 7.98. The molecule has 0 unspecified atom stereocenters. The lowest BCUT2D eigenvalue weighted by Gasteiger charge is -2.47. The fourth-order valence-electron chi connectivity index (χ4n) is 18.7. The van der Waals surface area contributed by atoms with E-state index < -0.39 is 0 Å². The van der Waals surface area contributed by atoms with Gasteiger partial charge in [0.15, 0.2) is 0 Å². The van der Waals surface area contributed by atoms with Crippen molar-refractivity contribution in [1.29, 1.82) is 0 Å². The highest BCUT2D eigenvalue weighted by Gasteiger charge is 2.50. The van der Waals surface area contributed by atoms with Gasteiger partial charge in [0, 0.05) is 74.7 Å². The summed E-state index contributed by atoms with van der Waals surface area (Å²) in [5, 5.41) is 0. The smallest absolute Gasteiger partial charge is 0.256 e. The second-order valence-corrected chi connectivity index (χ2v) is 32.4. The van der Waals surface area contributed by atoms with Crippen molar-refractivity contribution in [2.75, 3.05) is 24.5 Å². The van der Waals surface area contributed by atoms with Gasteiger partial charge in [-0.1, -0.05) is 201 Å². The SMILES string of the molecule is Cc1ccccc1N(c1cc2c3c(c1)N(c1ccccc1)c1cc4c(cc1B3c1ccccc1N2c1ccc2c(c1)C(C)(C)CCC2(C)C)B1c2ccccc2N(c2ccc3c(c2)C(C)(C)CCC3(C)C)c2cc(N(c3ccccc3)c3c(C)cccc3C)cc(c21)O4)c1c(C)cccc1C. The highest BCUT2D eigenvalue weighted by molar-refractivity contribution is 7.02. The Balaban J connectivity index is 0.927. The molecule has 0 aromatic heterocycles. The first-order chi connectivity index (χ1) is 48.7. The molecule has 0 amide bonds. The molecule has 8 heteroatoms. The highest BCUT2D eigenvalue weighted by Crippen LogP contribution is 2.55. The molecule has 0 bridgehead atoms. The molecule has 0 N–H and O–H groups in total. The zero-order valence-corrected chi connectivity index (χ0v) is 60.7. The van der Waals surface area contributed by atoms with Gasteiger partial charge >= 0.3 is 0 Å². The first-order valence-corrected chi connectivity index (χ1v) is 36.6. The number of rotatable bonds is 9. The van der Waals surface area contributed by atoms with Gasteiger partial charge in [-0.25, -0.2) is 0 Å². The fourth-order valence-corrected chi connectivity index (χ4v) is 18.7. The first kappa shape index (κ1) is 62.8. The third kappa shape index (κ3) is 9.67. The lowest BCUT2D eigenvalue weighted by Crippen LogP contribution is -2.64. The zero-order valence-electron chi connectivity index (χ0n) is 60.7. The Kier molecular flexibility index (Phi) is 14.2. The number of hydrogen-bond donors (Lipinski definition) is 0. The van der Waals surface area contributed by atoms with Crippen LogP contribution in [0.1, 0.15) is 131 Å². The summed E-state index contributed by atoms with van der Waals surface area (Å²) in [6.07, 6.45) is 4.55. The van der Waals surface area contributed by atoms with Gasteiger partial charge in [-0.15, -0.1) is 0 Å². The molecule has 0 fully saturated rings. The summed E-state index contributed by atoms with van der Waals surface area (Å²) < 4.78 is 7.98. The molecule has 4 aliphatic heterocycles. The molecule has 0 spiro atoms. The van der Waals surface area contributed by atoms with Gasteiger partial charge in [-0.3, -0.25) is 0 Å². The quantitative estimate of drug-likeness (QED) is 0.134. The van der Waals surface area contributed by atoms with Crippen molar-refractivity contribution in [1.82, 2.24) is 0 Å². The molecule has 496 valence electrons. The maximum Gasteiger partial charge on any atom is 0.256 e. The van der Waals surface area contributed by atoms with Crippen LogP contribution in [0.15, 0.2) is 243 Å².